The van der Waals surface area contributed by atoms with Gasteiger partial charge in [-0.3, -0.25) is 9.71 Å². The maximum absolute atomic E-state index is 15.0. The number of pyridine rings is 1. The second-order valence-corrected chi connectivity index (χ2v) is 11.1. The van der Waals surface area contributed by atoms with E-state index in [2.05, 4.69) is 15.3 Å². The van der Waals surface area contributed by atoms with Crippen LogP contribution in [0, 0.1) is 17.5 Å². The fourth-order valence-electron chi connectivity index (χ4n) is 4.24. The van der Waals surface area contributed by atoms with Crippen LogP contribution in [0.2, 0.25) is 0 Å². The normalized spacial score (nSPS) is 11.7. The second kappa shape index (κ2) is 9.68. The number of sulfonamides is 1. The van der Waals surface area contributed by atoms with Gasteiger partial charge in [0.15, 0.2) is 4.90 Å². The summed E-state index contributed by atoms with van der Waals surface area (Å²) in [5.74, 6) is -3.46. The molecule has 0 unspecified atom stereocenters. The molecule has 194 valence electrons. The van der Waals surface area contributed by atoms with Gasteiger partial charge in [0.2, 0.25) is 0 Å². The highest BCUT2D eigenvalue weighted by Gasteiger charge is 2.25. The molecule has 0 saturated heterocycles. The summed E-state index contributed by atoms with van der Waals surface area (Å²) in [6.45, 7) is 0. The summed E-state index contributed by atoms with van der Waals surface area (Å²) in [5, 5.41) is 4.18. The average Bonchev–Trinajstić information content (AvgIpc) is 3.37. The number of anilines is 3. The fraction of sp³-hybridized carbons (Fsp3) is 0. The molecule has 2 N–H and O–H groups in total. The van der Waals surface area contributed by atoms with Crippen molar-refractivity contribution in [2.45, 2.75) is 4.90 Å². The maximum Gasteiger partial charge on any atom is 0.267 e. The highest BCUT2D eigenvalue weighted by molar-refractivity contribution is 7.92. The molecule has 0 aliphatic carbocycles. The summed E-state index contributed by atoms with van der Waals surface area (Å²) in [6, 6.07) is 19.7. The fourth-order valence-corrected chi connectivity index (χ4v) is 6.10. The van der Waals surface area contributed by atoms with Crippen LogP contribution < -0.4 is 10.0 Å². The van der Waals surface area contributed by atoms with E-state index in [1.165, 1.54) is 12.1 Å². The number of hydrogen-bond acceptors (Lipinski definition) is 6. The molecule has 0 saturated carbocycles. The first-order chi connectivity index (χ1) is 18.8. The van der Waals surface area contributed by atoms with Gasteiger partial charge >= 0.3 is 0 Å². The summed E-state index contributed by atoms with van der Waals surface area (Å²) < 4.78 is 71.2. The third-order valence-corrected chi connectivity index (χ3v) is 8.31. The summed E-state index contributed by atoms with van der Waals surface area (Å²) in [5.41, 5.74) is 5.70. The molecule has 4 aromatic carbocycles. The van der Waals surface area contributed by atoms with Gasteiger partial charge in [-0.15, -0.1) is 11.3 Å². The number of rotatable bonds is 6. The van der Waals surface area contributed by atoms with Crippen molar-refractivity contribution in [3.05, 3.63) is 108 Å². The smallest absolute Gasteiger partial charge is 0.267 e. The number of benzene rings is 4. The molecule has 39 heavy (non-hydrogen) atoms. The van der Waals surface area contributed by atoms with Crippen LogP contribution in [-0.4, -0.2) is 18.4 Å². The van der Waals surface area contributed by atoms with E-state index in [1.807, 2.05) is 35.1 Å². The van der Waals surface area contributed by atoms with Crippen molar-refractivity contribution in [2.75, 3.05) is 10.0 Å². The van der Waals surface area contributed by atoms with E-state index in [0.29, 0.717) is 11.1 Å². The minimum Gasteiger partial charge on any atom is -0.355 e. The first-order valence-electron chi connectivity index (χ1n) is 11.5. The van der Waals surface area contributed by atoms with Crippen LogP contribution in [0.4, 0.5) is 30.2 Å². The summed E-state index contributed by atoms with van der Waals surface area (Å²) >= 11 is 1.56. The standard InChI is InChI=1S/C28H17F3N4O2S2/c29-20-2-1-3-21(30)28(20)39(36,37)35-25-8-5-17(13-22(25)31)16-4-7-23-19(12-16)24(10-11-32-23)34-18-6-9-27-26(14-18)33-15-38-27/h1-15,35H,(H,32,34). The molecule has 6 aromatic rings. The van der Waals surface area contributed by atoms with Crippen LogP contribution in [0.5, 0.6) is 0 Å². The molecule has 0 amide bonds. The second-order valence-electron chi connectivity index (χ2n) is 8.60. The molecule has 2 aromatic heterocycles. The third kappa shape index (κ3) is 4.77. The van der Waals surface area contributed by atoms with Crippen LogP contribution in [0.1, 0.15) is 0 Å². The van der Waals surface area contributed by atoms with Crippen molar-refractivity contribution in [1.82, 2.24) is 9.97 Å². The van der Waals surface area contributed by atoms with E-state index >= 15 is 4.39 Å². The van der Waals surface area contributed by atoms with Gasteiger partial charge in [-0.05, 0) is 71.8 Å². The Balaban J connectivity index is 1.32. The van der Waals surface area contributed by atoms with Crippen molar-refractivity contribution in [3.63, 3.8) is 0 Å². The Morgan fingerprint density at radius 1 is 0.718 bits per heavy atom. The average molecular weight is 563 g/mol. The van der Waals surface area contributed by atoms with Gasteiger partial charge in [-0.1, -0.05) is 18.2 Å². The van der Waals surface area contributed by atoms with E-state index in [9.17, 15) is 17.2 Å². The highest BCUT2D eigenvalue weighted by atomic mass is 32.2. The lowest BCUT2D eigenvalue weighted by molar-refractivity contribution is 0.521. The van der Waals surface area contributed by atoms with Gasteiger partial charge in [-0.2, -0.15) is 0 Å². The number of nitrogens with zero attached hydrogens (tertiary/aromatic N) is 2. The summed E-state index contributed by atoms with van der Waals surface area (Å²) in [4.78, 5) is 7.59. The molecule has 6 nitrogen and oxygen atoms in total. The van der Waals surface area contributed by atoms with Crippen LogP contribution in [0.3, 0.4) is 0 Å². The van der Waals surface area contributed by atoms with Crippen LogP contribution in [0.25, 0.3) is 32.2 Å². The van der Waals surface area contributed by atoms with Crippen molar-refractivity contribution in [3.8, 4) is 11.1 Å². The third-order valence-electron chi connectivity index (χ3n) is 6.09. The summed E-state index contributed by atoms with van der Waals surface area (Å²) in [6.07, 6.45) is 1.69. The lowest BCUT2D eigenvalue weighted by atomic mass is 10.0. The van der Waals surface area contributed by atoms with E-state index in [-0.39, 0.29) is 0 Å². The molecule has 0 radical (unpaired) electrons. The van der Waals surface area contributed by atoms with Gasteiger partial charge in [0.05, 0.1) is 26.9 Å². The molecule has 2 heterocycles. The number of nitrogens with one attached hydrogen (secondary N) is 2. The van der Waals surface area contributed by atoms with Gasteiger partial charge in [0.1, 0.15) is 17.5 Å². The first-order valence-corrected chi connectivity index (χ1v) is 13.9. The van der Waals surface area contributed by atoms with Gasteiger partial charge < -0.3 is 5.32 Å². The van der Waals surface area contributed by atoms with Crippen molar-refractivity contribution < 1.29 is 21.6 Å². The predicted octanol–water partition coefficient (Wildman–Crippen LogP) is 7.47. The lowest BCUT2D eigenvalue weighted by Gasteiger charge is -2.13. The van der Waals surface area contributed by atoms with E-state index in [4.69, 9.17) is 0 Å². The largest absolute Gasteiger partial charge is 0.355 e. The number of hydrogen-bond donors (Lipinski definition) is 2. The molecule has 0 bridgehead atoms. The SMILES string of the molecule is O=S(=O)(Nc1ccc(-c2ccc3nccc(Nc4ccc5scnc5c4)c3c2)cc1F)c1c(F)cccc1F. The highest BCUT2D eigenvalue weighted by Crippen LogP contribution is 2.33. The van der Waals surface area contributed by atoms with Gasteiger partial charge in [0.25, 0.3) is 10.0 Å². The molecular weight excluding hydrogens is 545 g/mol. The molecular formula is C28H17F3N4O2S2. The van der Waals surface area contributed by atoms with Crippen molar-refractivity contribution >= 4 is 59.5 Å². The minimum atomic E-state index is -4.71. The van der Waals surface area contributed by atoms with Crippen molar-refractivity contribution in [1.29, 1.82) is 0 Å². The Bertz CT molecular complexity index is 1970. The Morgan fingerprint density at radius 3 is 2.28 bits per heavy atom. The minimum absolute atomic E-state index is 0.441. The van der Waals surface area contributed by atoms with Gasteiger partial charge in [0, 0.05) is 23.0 Å². The Hall–Kier alpha value is -4.48. The van der Waals surface area contributed by atoms with Crippen LogP contribution >= 0.6 is 11.3 Å². The molecule has 0 fully saturated rings. The quantitative estimate of drug-likeness (QED) is 0.220. The number of fused-ring (bicyclic) bond motifs is 2. The van der Waals surface area contributed by atoms with Crippen LogP contribution in [0.15, 0.2) is 95.5 Å². The van der Waals surface area contributed by atoms with E-state index in [1.54, 1.807) is 35.2 Å². The van der Waals surface area contributed by atoms with Crippen LogP contribution in [-0.2, 0) is 10.0 Å². The maximum atomic E-state index is 15.0. The zero-order chi connectivity index (χ0) is 27.1. The van der Waals surface area contributed by atoms with E-state index in [0.717, 1.165) is 56.8 Å². The van der Waals surface area contributed by atoms with E-state index < -0.39 is 38.1 Å². The molecule has 6 rings (SSSR count). The number of aromatic nitrogens is 2. The lowest BCUT2D eigenvalue weighted by Crippen LogP contribution is -2.17. The molecule has 11 heteroatoms. The summed E-state index contributed by atoms with van der Waals surface area (Å²) in [7, 11) is -4.71. The molecule has 0 atom stereocenters. The Kier molecular flexibility index (Phi) is 6.16. The number of thiazole rings is 1. The Labute approximate surface area is 224 Å². The molecule has 0 spiro atoms. The topological polar surface area (TPSA) is 84.0 Å². The molecule has 0 aliphatic heterocycles. The molecule has 0 aliphatic rings. The first kappa shape index (κ1) is 24.8. The predicted molar refractivity (Wildman–Crippen MR) is 147 cm³/mol. The van der Waals surface area contributed by atoms with Crippen molar-refractivity contribution in [2.24, 2.45) is 0 Å². The zero-order valence-electron chi connectivity index (χ0n) is 19.8. The van der Waals surface area contributed by atoms with Gasteiger partial charge in [-0.25, -0.2) is 26.6 Å². The number of halogens is 3. The Morgan fingerprint density at radius 2 is 1.49 bits per heavy atom. The zero-order valence-corrected chi connectivity index (χ0v) is 21.5. The monoisotopic (exact) mass is 562 g/mol.